The maximum Gasteiger partial charge on any atom is 0.240 e. The van der Waals surface area contributed by atoms with Crippen LogP contribution in [-0.4, -0.2) is 27.4 Å². The molecule has 2 aromatic rings. The van der Waals surface area contributed by atoms with Crippen molar-refractivity contribution in [3.05, 3.63) is 59.7 Å². The lowest BCUT2D eigenvalue weighted by atomic mass is 10.1. The van der Waals surface area contributed by atoms with Crippen LogP contribution in [0.15, 0.2) is 53.4 Å². The Morgan fingerprint density at radius 2 is 1.72 bits per heavy atom. The quantitative estimate of drug-likeness (QED) is 0.826. The van der Waals surface area contributed by atoms with Crippen LogP contribution in [0.5, 0.6) is 0 Å². The molecule has 0 bridgehead atoms. The first-order valence-corrected chi connectivity index (χ1v) is 9.76. The molecule has 25 heavy (non-hydrogen) atoms. The fourth-order valence-corrected chi connectivity index (χ4v) is 4.01. The molecule has 0 aliphatic carbocycles. The van der Waals surface area contributed by atoms with E-state index in [1.54, 1.807) is 36.1 Å². The van der Waals surface area contributed by atoms with Gasteiger partial charge in [0.15, 0.2) is 0 Å². The van der Waals surface area contributed by atoms with Crippen molar-refractivity contribution < 1.29 is 13.2 Å². The third-order valence-electron chi connectivity index (χ3n) is 4.05. The largest absolute Gasteiger partial charge is 0.311 e. The zero-order valence-electron chi connectivity index (χ0n) is 14.8. The van der Waals surface area contributed by atoms with E-state index in [0.29, 0.717) is 5.56 Å². The molecule has 0 fully saturated rings. The van der Waals surface area contributed by atoms with E-state index in [2.05, 4.69) is 4.72 Å². The number of carbonyl (C=O) groups is 1. The Hall–Kier alpha value is -2.18. The molecule has 0 heterocycles. The topological polar surface area (TPSA) is 66.5 Å². The van der Waals surface area contributed by atoms with Gasteiger partial charge < -0.3 is 4.90 Å². The second-order valence-electron chi connectivity index (χ2n) is 5.82. The molecule has 134 valence electrons. The average molecular weight is 360 g/mol. The van der Waals surface area contributed by atoms with Gasteiger partial charge in [-0.15, -0.1) is 0 Å². The second-order valence-corrected chi connectivity index (χ2v) is 7.55. The van der Waals surface area contributed by atoms with E-state index in [-0.39, 0.29) is 23.9 Å². The summed E-state index contributed by atoms with van der Waals surface area (Å²) in [7, 11) is -3.60. The minimum Gasteiger partial charge on any atom is -0.311 e. The second kappa shape index (κ2) is 8.27. The van der Waals surface area contributed by atoms with Crippen molar-refractivity contribution in [2.45, 2.75) is 32.1 Å². The van der Waals surface area contributed by atoms with Crippen LogP contribution in [0.4, 0.5) is 5.69 Å². The van der Waals surface area contributed by atoms with Gasteiger partial charge in [-0.1, -0.05) is 43.3 Å². The van der Waals surface area contributed by atoms with Gasteiger partial charge in [-0.3, -0.25) is 4.79 Å². The number of benzene rings is 2. The number of carbonyl (C=O) groups excluding carboxylic acids is 1. The van der Waals surface area contributed by atoms with E-state index in [9.17, 15) is 13.2 Å². The van der Waals surface area contributed by atoms with E-state index < -0.39 is 10.0 Å². The molecule has 2 rings (SSSR count). The van der Waals surface area contributed by atoms with Crippen molar-refractivity contribution >= 4 is 21.6 Å². The molecule has 0 aliphatic heterocycles. The van der Waals surface area contributed by atoms with Gasteiger partial charge in [0.2, 0.25) is 15.9 Å². The van der Waals surface area contributed by atoms with Crippen molar-refractivity contribution in [1.82, 2.24) is 4.72 Å². The number of nitrogens with zero attached hydrogens (tertiary/aromatic N) is 1. The summed E-state index contributed by atoms with van der Waals surface area (Å²) in [5.41, 5.74) is 2.57. The van der Waals surface area contributed by atoms with Crippen LogP contribution in [0, 0.1) is 6.92 Å². The summed E-state index contributed by atoms with van der Waals surface area (Å²) >= 11 is 0. The number of hydrogen-bond acceptors (Lipinski definition) is 3. The standard InChI is InChI=1S/C19H24N2O3S/c1-4-17-10-6-7-11-18(17)21(16(3)22)14-13-20-25(23,24)19-12-8-5-9-15(19)2/h5-12,20H,4,13-14H2,1-3H3. The minimum absolute atomic E-state index is 0.115. The highest BCUT2D eigenvalue weighted by Gasteiger charge is 2.18. The molecule has 5 nitrogen and oxygen atoms in total. The van der Waals surface area contributed by atoms with Crippen LogP contribution in [-0.2, 0) is 21.2 Å². The Labute approximate surface area is 149 Å². The maximum absolute atomic E-state index is 12.4. The lowest BCUT2D eigenvalue weighted by molar-refractivity contribution is -0.116. The van der Waals surface area contributed by atoms with Gasteiger partial charge in [0, 0.05) is 25.7 Å². The third kappa shape index (κ3) is 4.67. The molecule has 2 aromatic carbocycles. The predicted octanol–water partition coefficient (Wildman–Crippen LogP) is 2.89. The van der Waals surface area contributed by atoms with Crippen molar-refractivity contribution in [3.63, 3.8) is 0 Å². The van der Waals surface area contributed by atoms with Gasteiger partial charge in [0.1, 0.15) is 0 Å². The van der Waals surface area contributed by atoms with E-state index in [0.717, 1.165) is 17.7 Å². The molecule has 0 radical (unpaired) electrons. The molecular formula is C19H24N2O3S. The number of anilines is 1. The Kier molecular flexibility index (Phi) is 6.33. The number of amides is 1. The first-order valence-electron chi connectivity index (χ1n) is 8.28. The van der Waals surface area contributed by atoms with Crippen molar-refractivity contribution in [2.24, 2.45) is 0 Å². The summed E-state index contributed by atoms with van der Waals surface area (Å²) in [6.45, 7) is 5.69. The molecule has 0 unspecified atom stereocenters. The highest BCUT2D eigenvalue weighted by Crippen LogP contribution is 2.21. The third-order valence-corrected chi connectivity index (χ3v) is 5.68. The summed E-state index contributed by atoms with van der Waals surface area (Å²) in [6, 6.07) is 14.5. The predicted molar refractivity (Wildman–Crippen MR) is 100 cm³/mol. The number of hydrogen-bond donors (Lipinski definition) is 1. The highest BCUT2D eigenvalue weighted by atomic mass is 32.2. The summed E-state index contributed by atoms with van der Waals surface area (Å²) in [5.74, 6) is -0.115. The SMILES string of the molecule is CCc1ccccc1N(CCNS(=O)(=O)c1ccccc1C)C(C)=O. The van der Waals surface area contributed by atoms with Crippen LogP contribution < -0.4 is 9.62 Å². The van der Waals surface area contributed by atoms with Crippen LogP contribution >= 0.6 is 0 Å². The van der Waals surface area contributed by atoms with E-state index in [4.69, 9.17) is 0 Å². The molecule has 0 saturated carbocycles. The van der Waals surface area contributed by atoms with Crippen LogP contribution in [0.25, 0.3) is 0 Å². The van der Waals surface area contributed by atoms with E-state index in [1.165, 1.54) is 6.92 Å². The number of nitrogens with one attached hydrogen (secondary N) is 1. The smallest absolute Gasteiger partial charge is 0.240 e. The Bertz CT molecular complexity index is 847. The number of rotatable bonds is 7. The van der Waals surface area contributed by atoms with Crippen molar-refractivity contribution in [1.29, 1.82) is 0 Å². The minimum atomic E-state index is -3.60. The summed E-state index contributed by atoms with van der Waals surface area (Å²) < 4.78 is 27.5. The van der Waals surface area contributed by atoms with Gasteiger partial charge in [0.25, 0.3) is 0 Å². The fraction of sp³-hybridized carbons (Fsp3) is 0.316. The van der Waals surface area contributed by atoms with Crippen molar-refractivity contribution in [2.75, 3.05) is 18.0 Å². The molecule has 0 aliphatic rings. The molecule has 0 atom stereocenters. The molecular weight excluding hydrogens is 336 g/mol. The van der Waals surface area contributed by atoms with Gasteiger partial charge in [-0.2, -0.15) is 0 Å². The van der Waals surface area contributed by atoms with Gasteiger partial charge >= 0.3 is 0 Å². The van der Waals surface area contributed by atoms with Gasteiger partial charge in [-0.05, 0) is 36.6 Å². The van der Waals surface area contributed by atoms with Crippen LogP contribution in [0.1, 0.15) is 25.0 Å². The maximum atomic E-state index is 12.4. The highest BCUT2D eigenvalue weighted by molar-refractivity contribution is 7.89. The number of sulfonamides is 1. The van der Waals surface area contributed by atoms with Crippen LogP contribution in [0.2, 0.25) is 0 Å². The van der Waals surface area contributed by atoms with Gasteiger partial charge in [0.05, 0.1) is 4.90 Å². The first kappa shape index (κ1) is 19.1. The summed E-state index contributed by atoms with van der Waals surface area (Å²) in [5, 5.41) is 0. The van der Waals surface area contributed by atoms with Crippen molar-refractivity contribution in [3.8, 4) is 0 Å². The molecule has 0 saturated heterocycles. The molecule has 0 spiro atoms. The number of aryl methyl sites for hydroxylation is 2. The monoisotopic (exact) mass is 360 g/mol. The molecule has 1 amide bonds. The summed E-state index contributed by atoms with van der Waals surface area (Å²) in [6.07, 6.45) is 0.800. The Morgan fingerprint density at radius 1 is 1.08 bits per heavy atom. The average Bonchev–Trinajstić information content (AvgIpc) is 2.58. The first-order chi connectivity index (χ1) is 11.9. The normalized spacial score (nSPS) is 11.3. The van der Waals surface area contributed by atoms with E-state index >= 15 is 0 Å². The van der Waals surface area contributed by atoms with Crippen LogP contribution in [0.3, 0.4) is 0 Å². The van der Waals surface area contributed by atoms with E-state index in [1.807, 2.05) is 31.2 Å². The Balaban J connectivity index is 2.13. The molecule has 1 N–H and O–H groups in total. The zero-order valence-corrected chi connectivity index (χ0v) is 15.6. The lowest BCUT2D eigenvalue weighted by Crippen LogP contribution is -2.38. The zero-order chi connectivity index (χ0) is 18.4. The summed E-state index contributed by atoms with van der Waals surface area (Å²) in [4.78, 5) is 13.9. The lowest BCUT2D eigenvalue weighted by Gasteiger charge is -2.24. The molecule has 6 heteroatoms. The van der Waals surface area contributed by atoms with Gasteiger partial charge in [-0.25, -0.2) is 13.1 Å². The Morgan fingerprint density at radius 3 is 2.36 bits per heavy atom. The fourth-order valence-electron chi connectivity index (χ4n) is 2.75. The number of para-hydroxylation sites is 1. The molecule has 0 aromatic heterocycles.